The molecule has 3 aromatic rings. The van der Waals surface area contributed by atoms with E-state index in [-0.39, 0.29) is 17.9 Å². The normalized spacial score (nSPS) is 20.0. The number of aliphatic imine (C=N–C) groups is 1. The second-order valence-electron chi connectivity index (χ2n) is 6.58. The van der Waals surface area contributed by atoms with Gasteiger partial charge in [0.2, 0.25) is 0 Å². The lowest BCUT2D eigenvalue weighted by Crippen LogP contribution is -2.25. The number of halogens is 3. The van der Waals surface area contributed by atoms with E-state index in [9.17, 15) is 4.39 Å². The summed E-state index contributed by atoms with van der Waals surface area (Å²) >= 11 is 12.9. The average Bonchev–Trinajstić information content (AvgIpc) is 3.12. The Labute approximate surface area is 173 Å². The first-order valence-corrected chi connectivity index (χ1v) is 9.68. The summed E-state index contributed by atoms with van der Waals surface area (Å²) in [5.41, 5.74) is 2.86. The van der Waals surface area contributed by atoms with Crippen molar-refractivity contribution in [1.82, 2.24) is 10.6 Å². The van der Waals surface area contributed by atoms with E-state index in [4.69, 9.17) is 23.2 Å². The molecule has 3 nitrogen and oxygen atoms in total. The highest BCUT2D eigenvalue weighted by Crippen LogP contribution is 2.38. The van der Waals surface area contributed by atoms with E-state index in [1.165, 1.54) is 12.1 Å². The fourth-order valence-corrected chi connectivity index (χ4v) is 3.83. The second kappa shape index (κ2) is 8.21. The Morgan fingerprint density at radius 1 is 0.750 bits per heavy atom. The highest BCUT2D eigenvalue weighted by atomic mass is 35.5. The third kappa shape index (κ3) is 3.98. The fraction of sp³-hybridized carbons (Fsp3) is 0.136. The number of nitrogens with one attached hydrogen (secondary N) is 2. The highest BCUT2D eigenvalue weighted by Gasteiger charge is 2.34. The van der Waals surface area contributed by atoms with E-state index in [1.807, 2.05) is 48.5 Å². The van der Waals surface area contributed by atoms with Gasteiger partial charge < -0.3 is 10.6 Å². The quantitative estimate of drug-likeness (QED) is 0.578. The summed E-state index contributed by atoms with van der Waals surface area (Å²) in [6.45, 7) is 0.431. The molecule has 1 aliphatic heterocycles. The van der Waals surface area contributed by atoms with Gasteiger partial charge >= 0.3 is 0 Å². The number of guanidine groups is 1. The highest BCUT2D eigenvalue weighted by molar-refractivity contribution is 6.32. The van der Waals surface area contributed by atoms with E-state index in [0.717, 1.165) is 16.7 Å². The zero-order valence-corrected chi connectivity index (χ0v) is 16.4. The van der Waals surface area contributed by atoms with Gasteiger partial charge in [-0.2, -0.15) is 0 Å². The predicted octanol–water partition coefficient (Wildman–Crippen LogP) is 5.66. The van der Waals surface area contributed by atoms with Crippen LogP contribution in [0, 0.1) is 5.82 Å². The first kappa shape index (κ1) is 18.8. The van der Waals surface area contributed by atoms with Gasteiger partial charge in [0.05, 0.1) is 18.6 Å². The van der Waals surface area contributed by atoms with E-state index >= 15 is 0 Å². The van der Waals surface area contributed by atoms with Crippen LogP contribution < -0.4 is 10.6 Å². The van der Waals surface area contributed by atoms with Crippen LogP contribution in [0.25, 0.3) is 0 Å². The summed E-state index contributed by atoms with van der Waals surface area (Å²) in [6.07, 6.45) is 0. The summed E-state index contributed by atoms with van der Waals surface area (Å²) in [4.78, 5) is 4.62. The van der Waals surface area contributed by atoms with Gasteiger partial charge in [-0.3, -0.25) is 0 Å². The van der Waals surface area contributed by atoms with Crippen molar-refractivity contribution in [2.75, 3.05) is 0 Å². The molecule has 0 aliphatic carbocycles. The molecule has 2 N–H and O–H groups in total. The first-order valence-electron chi connectivity index (χ1n) is 8.92. The van der Waals surface area contributed by atoms with E-state index in [2.05, 4.69) is 15.6 Å². The number of nitrogens with zero attached hydrogens (tertiary/aromatic N) is 1. The summed E-state index contributed by atoms with van der Waals surface area (Å²) in [5, 5.41) is 8.21. The third-order valence-corrected chi connectivity index (χ3v) is 5.42. The zero-order valence-electron chi connectivity index (χ0n) is 14.9. The van der Waals surface area contributed by atoms with Crippen LogP contribution in [0.1, 0.15) is 28.8 Å². The number of benzene rings is 3. The number of hydrogen-bond acceptors (Lipinski definition) is 1. The molecule has 0 aromatic heterocycles. The second-order valence-corrected chi connectivity index (χ2v) is 7.39. The largest absolute Gasteiger partial charge is 0.347 e. The molecule has 0 unspecified atom stereocenters. The van der Waals surface area contributed by atoms with Crippen LogP contribution >= 0.6 is 23.2 Å². The molecule has 1 aliphatic rings. The molecule has 6 heteroatoms. The molecule has 28 heavy (non-hydrogen) atoms. The van der Waals surface area contributed by atoms with Crippen molar-refractivity contribution < 1.29 is 4.39 Å². The SMILES string of the molecule is Fc1ccc(CN=C2N[C@H](c3ccccc3Cl)[C@H](c3ccccc3Cl)N2)cc1. The van der Waals surface area contributed by atoms with Crippen molar-refractivity contribution in [2.45, 2.75) is 18.6 Å². The van der Waals surface area contributed by atoms with E-state index < -0.39 is 0 Å². The Morgan fingerprint density at radius 2 is 1.25 bits per heavy atom. The molecular weight excluding hydrogens is 396 g/mol. The van der Waals surface area contributed by atoms with Crippen molar-refractivity contribution in [3.63, 3.8) is 0 Å². The minimum Gasteiger partial charge on any atom is -0.347 e. The molecule has 0 saturated carbocycles. The van der Waals surface area contributed by atoms with Gasteiger partial charge in [-0.25, -0.2) is 9.38 Å². The first-order chi connectivity index (χ1) is 13.6. The van der Waals surface area contributed by atoms with Crippen molar-refractivity contribution in [3.8, 4) is 0 Å². The minimum absolute atomic E-state index is 0.124. The monoisotopic (exact) mass is 413 g/mol. The molecular formula is C22H18Cl2FN3. The molecule has 1 saturated heterocycles. The molecule has 0 amide bonds. The third-order valence-electron chi connectivity index (χ3n) is 4.73. The van der Waals surface area contributed by atoms with Crippen LogP contribution in [0.15, 0.2) is 77.8 Å². The molecule has 0 radical (unpaired) electrons. The minimum atomic E-state index is -0.258. The molecule has 1 fully saturated rings. The van der Waals surface area contributed by atoms with Crippen molar-refractivity contribution in [3.05, 3.63) is 105 Å². The Bertz CT molecular complexity index is 949. The Hall–Kier alpha value is -2.56. The van der Waals surface area contributed by atoms with Gasteiger partial charge in [0.25, 0.3) is 0 Å². The van der Waals surface area contributed by atoms with Crippen LogP contribution in [0.3, 0.4) is 0 Å². The summed E-state index contributed by atoms with van der Waals surface area (Å²) in [5.74, 6) is 0.394. The average molecular weight is 414 g/mol. The lowest BCUT2D eigenvalue weighted by atomic mass is 9.95. The van der Waals surface area contributed by atoms with Crippen LogP contribution in [-0.4, -0.2) is 5.96 Å². The van der Waals surface area contributed by atoms with Gasteiger partial charge in [0.1, 0.15) is 5.82 Å². The maximum absolute atomic E-state index is 13.1. The molecule has 2 atom stereocenters. The van der Waals surface area contributed by atoms with Crippen molar-refractivity contribution >= 4 is 29.2 Å². The fourth-order valence-electron chi connectivity index (χ4n) is 3.32. The maximum atomic E-state index is 13.1. The predicted molar refractivity (Wildman–Crippen MR) is 112 cm³/mol. The summed E-state index contributed by atoms with van der Waals surface area (Å²) < 4.78 is 13.1. The Kier molecular flexibility index (Phi) is 5.51. The van der Waals surface area contributed by atoms with Crippen LogP contribution in [0.4, 0.5) is 4.39 Å². The van der Waals surface area contributed by atoms with Gasteiger partial charge in [0.15, 0.2) is 5.96 Å². The smallest absolute Gasteiger partial charge is 0.192 e. The van der Waals surface area contributed by atoms with E-state index in [0.29, 0.717) is 22.5 Å². The van der Waals surface area contributed by atoms with Gasteiger partial charge in [-0.05, 0) is 41.0 Å². The van der Waals surface area contributed by atoms with Gasteiger partial charge in [0, 0.05) is 10.0 Å². The van der Waals surface area contributed by atoms with Gasteiger partial charge in [-0.1, -0.05) is 71.7 Å². The van der Waals surface area contributed by atoms with Crippen molar-refractivity contribution in [1.29, 1.82) is 0 Å². The number of hydrogen-bond donors (Lipinski definition) is 2. The Balaban J connectivity index is 1.65. The molecule has 1 heterocycles. The lowest BCUT2D eigenvalue weighted by Gasteiger charge is -2.21. The maximum Gasteiger partial charge on any atom is 0.192 e. The van der Waals surface area contributed by atoms with Crippen molar-refractivity contribution in [2.24, 2.45) is 4.99 Å². The van der Waals surface area contributed by atoms with Gasteiger partial charge in [-0.15, -0.1) is 0 Å². The van der Waals surface area contributed by atoms with E-state index in [1.54, 1.807) is 12.1 Å². The molecule has 0 spiro atoms. The molecule has 0 bridgehead atoms. The molecule has 142 valence electrons. The Morgan fingerprint density at radius 3 is 1.75 bits per heavy atom. The molecule has 3 aromatic carbocycles. The summed E-state index contributed by atoms with van der Waals surface area (Å²) in [6, 6.07) is 21.5. The summed E-state index contributed by atoms with van der Waals surface area (Å²) in [7, 11) is 0. The topological polar surface area (TPSA) is 36.4 Å². The number of rotatable bonds is 4. The molecule has 4 rings (SSSR count). The van der Waals surface area contributed by atoms with Crippen LogP contribution in [-0.2, 0) is 6.54 Å². The zero-order chi connectivity index (χ0) is 19.5. The van der Waals surface area contributed by atoms with Crippen LogP contribution in [0.2, 0.25) is 10.0 Å². The standard InChI is InChI=1S/C22H18Cl2FN3/c23-18-7-3-1-5-16(18)20-21(17-6-2-4-8-19(17)24)28-22(27-20)26-13-14-9-11-15(25)12-10-14/h1-12,20-21H,13H2,(H2,26,27,28)/t20-,21+. The lowest BCUT2D eigenvalue weighted by molar-refractivity contribution is 0.554. The van der Waals surface area contributed by atoms with Crippen LogP contribution in [0.5, 0.6) is 0 Å².